The number of carbonyl (C=O) groups excluding carboxylic acids is 2. The topological polar surface area (TPSA) is 73.2 Å². The van der Waals surface area contributed by atoms with Gasteiger partial charge in [0.05, 0.1) is 6.07 Å². The molecule has 1 saturated carbocycles. The van der Waals surface area contributed by atoms with Crippen LogP contribution in [0.15, 0.2) is 0 Å². The predicted molar refractivity (Wildman–Crippen MR) is 79.2 cm³/mol. The maximum atomic E-state index is 12.6. The zero-order valence-electron chi connectivity index (χ0n) is 13.2. The summed E-state index contributed by atoms with van der Waals surface area (Å²) in [5, 5.41) is 11.5. The van der Waals surface area contributed by atoms with Crippen LogP contribution in [-0.2, 0) is 4.79 Å². The van der Waals surface area contributed by atoms with E-state index in [1.807, 2.05) is 6.07 Å². The van der Waals surface area contributed by atoms with Crippen LogP contribution in [0.1, 0.15) is 59.3 Å². The van der Waals surface area contributed by atoms with Crippen LogP contribution in [0.2, 0.25) is 0 Å². The van der Waals surface area contributed by atoms with Crippen molar-refractivity contribution in [1.29, 1.82) is 5.26 Å². The highest BCUT2D eigenvalue weighted by atomic mass is 16.2. The molecule has 1 N–H and O–H groups in total. The molecule has 21 heavy (non-hydrogen) atoms. The van der Waals surface area contributed by atoms with Crippen molar-refractivity contribution in [3.63, 3.8) is 0 Å². The lowest BCUT2D eigenvalue weighted by Gasteiger charge is -2.40. The zero-order chi connectivity index (χ0) is 15.7. The molecule has 1 aliphatic heterocycles. The van der Waals surface area contributed by atoms with Gasteiger partial charge >= 0.3 is 6.03 Å². The lowest BCUT2D eigenvalue weighted by molar-refractivity contribution is -0.133. The van der Waals surface area contributed by atoms with Gasteiger partial charge < -0.3 is 5.32 Å². The minimum atomic E-state index is -0.675. The van der Waals surface area contributed by atoms with Crippen molar-refractivity contribution < 1.29 is 9.59 Å². The van der Waals surface area contributed by atoms with E-state index in [4.69, 9.17) is 5.26 Å². The molecule has 0 aromatic carbocycles. The van der Waals surface area contributed by atoms with E-state index in [2.05, 4.69) is 26.1 Å². The summed E-state index contributed by atoms with van der Waals surface area (Å²) in [5.74, 6) is 0.512. The monoisotopic (exact) mass is 291 g/mol. The highest BCUT2D eigenvalue weighted by molar-refractivity contribution is 6.07. The Labute approximate surface area is 126 Å². The fourth-order valence-electron chi connectivity index (χ4n) is 3.51. The van der Waals surface area contributed by atoms with Gasteiger partial charge in [-0.3, -0.25) is 9.69 Å². The SMILES string of the molecule is CC(C)(C)C1CCC2(CC1)NC(=O)N(CCCC#N)C2=O. The molecule has 2 rings (SSSR count). The third-order valence-corrected chi connectivity index (χ3v) is 4.98. The van der Waals surface area contributed by atoms with Crippen LogP contribution < -0.4 is 5.32 Å². The van der Waals surface area contributed by atoms with E-state index in [-0.39, 0.29) is 17.4 Å². The number of urea groups is 1. The Kier molecular flexibility index (Phi) is 4.27. The van der Waals surface area contributed by atoms with E-state index >= 15 is 0 Å². The molecular weight excluding hydrogens is 266 g/mol. The average Bonchev–Trinajstić information content (AvgIpc) is 2.63. The minimum Gasteiger partial charge on any atom is -0.323 e. The van der Waals surface area contributed by atoms with Gasteiger partial charge in [0, 0.05) is 13.0 Å². The fourth-order valence-corrected chi connectivity index (χ4v) is 3.51. The first kappa shape index (κ1) is 15.8. The van der Waals surface area contributed by atoms with Gasteiger partial charge in [-0.15, -0.1) is 0 Å². The van der Waals surface area contributed by atoms with Crippen molar-refractivity contribution >= 4 is 11.9 Å². The van der Waals surface area contributed by atoms with Crippen LogP contribution in [0, 0.1) is 22.7 Å². The van der Waals surface area contributed by atoms with Gasteiger partial charge in [0.15, 0.2) is 0 Å². The molecule has 0 aromatic rings. The van der Waals surface area contributed by atoms with Gasteiger partial charge in [-0.1, -0.05) is 20.8 Å². The fraction of sp³-hybridized carbons (Fsp3) is 0.812. The Bertz CT molecular complexity index is 465. The summed E-state index contributed by atoms with van der Waals surface area (Å²) < 4.78 is 0. The van der Waals surface area contributed by atoms with Crippen LogP contribution in [0.3, 0.4) is 0 Å². The minimum absolute atomic E-state index is 0.0854. The highest BCUT2D eigenvalue weighted by Gasteiger charge is 2.52. The number of nitrogens with zero attached hydrogens (tertiary/aromatic N) is 2. The Morgan fingerprint density at radius 3 is 2.48 bits per heavy atom. The van der Waals surface area contributed by atoms with Crippen molar-refractivity contribution in [2.75, 3.05) is 6.54 Å². The summed E-state index contributed by atoms with van der Waals surface area (Å²) in [6, 6.07) is 1.76. The first-order valence-electron chi connectivity index (χ1n) is 7.81. The molecule has 1 saturated heterocycles. The number of hydrogen-bond donors (Lipinski definition) is 1. The van der Waals surface area contributed by atoms with Gasteiger partial charge in [0.1, 0.15) is 5.54 Å². The van der Waals surface area contributed by atoms with Crippen molar-refractivity contribution in [2.24, 2.45) is 11.3 Å². The van der Waals surface area contributed by atoms with Crippen LogP contribution >= 0.6 is 0 Å². The lowest BCUT2D eigenvalue weighted by Crippen LogP contribution is -2.50. The normalized spacial score (nSPS) is 29.6. The third kappa shape index (κ3) is 3.04. The molecule has 5 nitrogen and oxygen atoms in total. The van der Waals surface area contributed by atoms with E-state index in [1.54, 1.807) is 0 Å². The first-order valence-corrected chi connectivity index (χ1v) is 7.81. The second kappa shape index (κ2) is 5.67. The molecular formula is C16H25N3O2. The maximum absolute atomic E-state index is 12.6. The van der Waals surface area contributed by atoms with Crippen LogP contribution in [0.25, 0.3) is 0 Å². The number of nitrogens with one attached hydrogen (secondary N) is 1. The summed E-state index contributed by atoms with van der Waals surface area (Å²) in [6.07, 6.45) is 4.33. The number of imide groups is 1. The smallest absolute Gasteiger partial charge is 0.323 e. The molecule has 0 aromatic heterocycles. The largest absolute Gasteiger partial charge is 0.325 e. The number of unbranched alkanes of at least 4 members (excludes halogenated alkanes) is 1. The van der Waals surface area contributed by atoms with Crippen molar-refractivity contribution in [2.45, 2.75) is 64.8 Å². The zero-order valence-corrected chi connectivity index (χ0v) is 13.2. The summed E-state index contributed by atoms with van der Waals surface area (Å²) in [6.45, 7) is 7.05. The van der Waals surface area contributed by atoms with Gasteiger partial charge in [-0.2, -0.15) is 5.26 Å². The Morgan fingerprint density at radius 2 is 1.95 bits per heavy atom. The summed E-state index contributed by atoms with van der Waals surface area (Å²) in [4.78, 5) is 25.9. The number of nitriles is 1. The van der Waals surface area contributed by atoms with E-state index in [0.717, 1.165) is 25.7 Å². The van der Waals surface area contributed by atoms with Crippen LogP contribution in [-0.4, -0.2) is 28.9 Å². The van der Waals surface area contributed by atoms with Crippen LogP contribution in [0.5, 0.6) is 0 Å². The maximum Gasteiger partial charge on any atom is 0.325 e. The molecule has 5 heteroatoms. The number of hydrogen-bond acceptors (Lipinski definition) is 3. The van der Waals surface area contributed by atoms with E-state index in [1.165, 1.54) is 4.90 Å². The summed E-state index contributed by atoms with van der Waals surface area (Å²) in [5.41, 5.74) is -0.425. The Hall–Kier alpha value is -1.57. The second-order valence-corrected chi connectivity index (χ2v) is 7.37. The Balaban J connectivity index is 2.01. The molecule has 3 amide bonds. The molecule has 0 unspecified atom stereocenters. The van der Waals surface area contributed by atoms with Crippen molar-refractivity contribution in [3.05, 3.63) is 0 Å². The van der Waals surface area contributed by atoms with E-state index in [9.17, 15) is 9.59 Å². The van der Waals surface area contributed by atoms with Gasteiger partial charge in [-0.25, -0.2) is 4.79 Å². The van der Waals surface area contributed by atoms with E-state index < -0.39 is 5.54 Å². The summed E-state index contributed by atoms with van der Waals surface area (Å²) in [7, 11) is 0. The standard InChI is InChI=1S/C16H25N3O2/c1-15(2,3)12-6-8-16(9-7-12)13(20)19(14(21)18-16)11-5-4-10-17/h12H,4-9,11H2,1-3H3,(H,18,21). The molecule has 1 aliphatic carbocycles. The molecule has 2 aliphatic rings. The molecule has 0 atom stereocenters. The summed E-state index contributed by atoms with van der Waals surface area (Å²) >= 11 is 0. The lowest BCUT2D eigenvalue weighted by atomic mass is 9.67. The van der Waals surface area contributed by atoms with Gasteiger partial charge in [0.2, 0.25) is 0 Å². The van der Waals surface area contributed by atoms with Crippen molar-refractivity contribution in [1.82, 2.24) is 10.2 Å². The second-order valence-electron chi connectivity index (χ2n) is 7.37. The highest BCUT2D eigenvalue weighted by Crippen LogP contribution is 2.43. The molecule has 116 valence electrons. The predicted octanol–water partition coefficient (Wildman–Crippen LogP) is 2.82. The average molecular weight is 291 g/mol. The van der Waals surface area contributed by atoms with E-state index in [0.29, 0.717) is 25.3 Å². The van der Waals surface area contributed by atoms with Gasteiger partial charge in [0.25, 0.3) is 5.91 Å². The number of carbonyl (C=O) groups is 2. The molecule has 0 bridgehead atoms. The van der Waals surface area contributed by atoms with Crippen molar-refractivity contribution in [3.8, 4) is 6.07 Å². The molecule has 1 heterocycles. The molecule has 1 spiro atoms. The molecule has 2 fully saturated rings. The van der Waals surface area contributed by atoms with Gasteiger partial charge in [-0.05, 0) is 43.4 Å². The molecule has 0 radical (unpaired) electrons. The third-order valence-electron chi connectivity index (χ3n) is 4.98. The van der Waals surface area contributed by atoms with Crippen LogP contribution in [0.4, 0.5) is 4.79 Å². The Morgan fingerprint density at radius 1 is 1.33 bits per heavy atom. The quantitative estimate of drug-likeness (QED) is 0.642. The number of amides is 3. The number of rotatable bonds is 3. The first-order chi connectivity index (χ1) is 9.80.